The van der Waals surface area contributed by atoms with Gasteiger partial charge in [-0.3, -0.25) is 0 Å². The largest absolute Gasteiger partial charge is 0.506 e. The molecule has 0 aliphatic carbocycles. The molecule has 3 N–H and O–H groups in total. The van der Waals surface area contributed by atoms with E-state index < -0.39 is 5.82 Å². The lowest BCUT2D eigenvalue weighted by Crippen LogP contribution is -2.11. The topological polar surface area (TPSA) is 46.2 Å². The predicted octanol–water partition coefficient (Wildman–Crippen LogP) is 2.98. The average molecular weight is 218 g/mol. The number of aromatic hydroxyl groups is 1. The van der Waals surface area contributed by atoms with Gasteiger partial charge in [0.2, 0.25) is 0 Å². The molecule has 1 rings (SSSR count). The smallest absolute Gasteiger partial charge is 0.137 e. The van der Waals surface area contributed by atoms with E-state index >= 15 is 0 Å². The van der Waals surface area contributed by atoms with Crippen molar-refractivity contribution in [1.29, 1.82) is 0 Å². The summed E-state index contributed by atoms with van der Waals surface area (Å²) >= 11 is 5.66. The number of rotatable bonds is 3. The van der Waals surface area contributed by atoms with Crippen molar-refractivity contribution in [2.75, 3.05) is 0 Å². The molecule has 0 spiro atoms. The van der Waals surface area contributed by atoms with Crippen molar-refractivity contribution >= 4 is 11.6 Å². The number of benzene rings is 1. The third-order valence-corrected chi connectivity index (χ3v) is 2.37. The van der Waals surface area contributed by atoms with Crippen molar-refractivity contribution < 1.29 is 9.50 Å². The van der Waals surface area contributed by atoms with Crippen molar-refractivity contribution in [1.82, 2.24) is 0 Å². The highest BCUT2D eigenvalue weighted by Gasteiger charge is 2.13. The zero-order valence-electron chi connectivity index (χ0n) is 7.93. The van der Waals surface area contributed by atoms with Crippen LogP contribution in [0.5, 0.6) is 5.75 Å². The van der Waals surface area contributed by atoms with Crippen LogP contribution in [-0.2, 0) is 0 Å². The summed E-state index contributed by atoms with van der Waals surface area (Å²) in [6, 6.07) is 2.01. The molecular weight excluding hydrogens is 205 g/mol. The highest BCUT2D eigenvalue weighted by atomic mass is 35.5. The number of hydrogen-bond donors (Lipinski definition) is 2. The van der Waals surface area contributed by atoms with E-state index in [0.717, 1.165) is 12.5 Å². The fourth-order valence-electron chi connectivity index (χ4n) is 1.30. The first-order chi connectivity index (χ1) is 6.56. The molecule has 0 saturated carbocycles. The second kappa shape index (κ2) is 4.62. The number of nitrogens with two attached hydrogens (primary N) is 1. The first-order valence-corrected chi connectivity index (χ1v) is 4.87. The minimum Gasteiger partial charge on any atom is -0.506 e. The lowest BCUT2D eigenvalue weighted by Gasteiger charge is -2.12. The molecule has 0 radical (unpaired) electrons. The molecule has 0 aliphatic heterocycles. The molecule has 14 heavy (non-hydrogen) atoms. The molecule has 0 saturated heterocycles. The molecule has 1 aromatic rings. The van der Waals surface area contributed by atoms with Gasteiger partial charge in [-0.25, -0.2) is 4.39 Å². The van der Waals surface area contributed by atoms with Gasteiger partial charge in [0.05, 0.1) is 5.02 Å². The van der Waals surface area contributed by atoms with Crippen LogP contribution >= 0.6 is 11.6 Å². The third kappa shape index (κ3) is 2.36. The molecule has 0 aromatic heterocycles. The second-order valence-corrected chi connectivity index (χ2v) is 3.63. The van der Waals surface area contributed by atoms with Crippen molar-refractivity contribution in [3.8, 4) is 5.75 Å². The van der Waals surface area contributed by atoms with Crippen LogP contribution in [0, 0.1) is 5.82 Å². The SMILES string of the molecule is CCCC(N)c1cc(Cl)c(O)cc1F. The second-order valence-electron chi connectivity index (χ2n) is 3.22. The maximum Gasteiger partial charge on any atom is 0.137 e. The molecule has 4 heteroatoms. The van der Waals surface area contributed by atoms with E-state index in [0.29, 0.717) is 12.0 Å². The van der Waals surface area contributed by atoms with Gasteiger partial charge in [0.25, 0.3) is 0 Å². The summed E-state index contributed by atoms with van der Waals surface area (Å²) in [4.78, 5) is 0. The average Bonchev–Trinajstić information content (AvgIpc) is 2.11. The lowest BCUT2D eigenvalue weighted by molar-refractivity contribution is 0.465. The molecular formula is C10H13ClFNO. The van der Waals surface area contributed by atoms with Crippen LogP contribution < -0.4 is 5.73 Å². The van der Waals surface area contributed by atoms with Crippen LogP contribution in [0.25, 0.3) is 0 Å². The normalized spacial score (nSPS) is 12.9. The molecule has 0 bridgehead atoms. The molecule has 1 aromatic carbocycles. The van der Waals surface area contributed by atoms with Crippen molar-refractivity contribution in [3.63, 3.8) is 0 Å². The van der Waals surface area contributed by atoms with Crippen molar-refractivity contribution in [3.05, 3.63) is 28.5 Å². The Morgan fingerprint density at radius 1 is 1.57 bits per heavy atom. The van der Waals surface area contributed by atoms with Crippen LogP contribution in [0.15, 0.2) is 12.1 Å². The molecule has 78 valence electrons. The van der Waals surface area contributed by atoms with Crippen molar-refractivity contribution in [2.45, 2.75) is 25.8 Å². The molecule has 2 nitrogen and oxygen atoms in total. The van der Waals surface area contributed by atoms with Crippen molar-refractivity contribution in [2.24, 2.45) is 5.73 Å². The van der Waals surface area contributed by atoms with Crippen LogP contribution in [0.4, 0.5) is 4.39 Å². The van der Waals surface area contributed by atoms with Crippen LogP contribution in [0.3, 0.4) is 0 Å². The quantitative estimate of drug-likeness (QED) is 0.818. The Morgan fingerprint density at radius 3 is 2.79 bits per heavy atom. The van der Waals surface area contributed by atoms with Crippen LogP contribution in [-0.4, -0.2) is 5.11 Å². The third-order valence-electron chi connectivity index (χ3n) is 2.07. The Bertz CT molecular complexity index is 330. The summed E-state index contributed by atoms with van der Waals surface area (Å²) in [5, 5.41) is 9.26. The van der Waals surface area contributed by atoms with Gasteiger partial charge in [-0.15, -0.1) is 0 Å². The summed E-state index contributed by atoms with van der Waals surface area (Å²) in [6.07, 6.45) is 1.57. The van der Waals surface area contributed by atoms with E-state index in [1.54, 1.807) is 0 Å². The predicted molar refractivity (Wildman–Crippen MR) is 54.9 cm³/mol. The summed E-state index contributed by atoms with van der Waals surface area (Å²) in [6.45, 7) is 1.97. The fraction of sp³-hybridized carbons (Fsp3) is 0.400. The Hall–Kier alpha value is -0.800. The number of phenols is 1. The molecule has 1 unspecified atom stereocenters. The standard InChI is InChI=1S/C10H13ClFNO/c1-2-3-9(13)6-4-7(11)10(14)5-8(6)12/h4-5,9,14H,2-3,13H2,1H3. The minimum absolute atomic E-state index is 0.132. The minimum atomic E-state index is -0.507. The van der Waals surface area contributed by atoms with Gasteiger partial charge < -0.3 is 10.8 Å². The van der Waals surface area contributed by atoms with Gasteiger partial charge in [-0.2, -0.15) is 0 Å². The number of phenolic OH excluding ortho intramolecular Hbond substituents is 1. The van der Waals surface area contributed by atoms with E-state index in [1.807, 2.05) is 6.92 Å². The highest BCUT2D eigenvalue weighted by molar-refractivity contribution is 6.32. The van der Waals surface area contributed by atoms with Crippen LogP contribution in [0.2, 0.25) is 5.02 Å². The Labute approximate surface area is 87.5 Å². The first-order valence-electron chi connectivity index (χ1n) is 4.49. The maximum atomic E-state index is 13.3. The van der Waals surface area contributed by atoms with Gasteiger partial charge in [0.15, 0.2) is 0 Å². The maximum absolute atomic E-state index is 13.3. The summed E-state index contributed by atoms with van der Waals surface area (Å²) in [7, 11) is 0. The molecule has 1 atom stereocenters. The molecule has 0 amide bonds. The van der Waals surface area contributed by atoms with Gasteiger partial charge in [0, 0.05) is 17.7 Å². The number of halogens is 2. The zero-order valence-corrected chi connectivity index (χ0v) is 8.68. The monoisotopic (exact) mass is 217 g/mol. The Balaban J connectivity index is 3.02. The number of hydrogen-bond acceptors (Lipinski definition) is 2. The van der Waals surface area contributed by atoms with E-state index in [2.05, 4.69) is 0 Å². The zero-order chi connectivity index (χ0) is 10.7. The Morgan fingerprint density at radius 2 is 2.21 bits per heavy atom. The van der Waals surface area contributed by atoms with E-state index in [4.69, 9.17) is 22.4 Å². The summed E-state index contributed by atoms with van der Waals surface area (Å²) < 4.78 is 13.3. The van der Waals surface area contributed by atoms with E-state index in [-0.39, 0.29) is 16.8 Å². The highest BCUT2D eigenvalue weighted by Crippen LogP contribution is 2.29. The summed E-state index contributed by atoms with van der Waals surface area (Å²) in [5.74, 6) is -0.760. The molecule has 0 aliphatic rings. The van der Waals surface area contributed by atoms with E-state index in [1.165, 1.54) is 6.07 Å². The fourth-order valence-corrected chi connectivity index (χ4v) is 1.47. The molecule has 0 heterocycles. The van der Waals surface area contributed by atoms with E-state index in [9.17, 15) is 4.39 Å². The summed E-state index contributed by atoms with van der Waals surface area (Å²) in [5.41, 5.74) is 6.10. The van der Waals surface area contributed by atoms with Gasteiger partial charge in [-0.1, -0.05) is 24.9 Å². The van der Waals surface area contributed by atoms with Gasteiger partial charge >= 0.3 is 0 Å². The van der Waals surface area contributed by atoms with Gasteiger partial charge in [0.1, 0.15) is 11.6 Å². The van der Waals surface area contributed by atoms with Gasteiger partial charge in [-0.05, 0) is 12.5 Å². The first kappa shape index (κ1) is 11.3. The Kier molecular flexibility index (Phi) is 3.72. The van der Waals surface area contributed by atoms with Crippen LogP contribution in [0.1, 0.15) is 31.4 Å². The lowest BCUT2D eigenvalue weighted by atomic mass is 10.0. The molecule has 0 fully saturated rings.